The Bertz CT molecular complexity index is 569. The lowest BCUT2D eigenvalue weighted by atomic mass is 10.2. The van der Waals surface area contributed by atoms with Gasteiger partial charge >= 0.3 is 0 Å². The van der Waals surface area contributed by atoms with Crippen molar-refractivity contribution >= 4 is 27.3 Å². The standard InChI is InChI=1S/C12H17ClN2O3S/c1-8-5-10(13)12(6-11(8)14)19(16,17)15-7-9-3-2-4-18-9/h5-6,9,15H,2-4,7,14H2,1H3. The van der Waals surface area contributed by atoms with Crippen LogP contribution in [0.2, 0.25) is 5.02 Å². The van der Waals surface area contributed by atoms with Crippen molar-refractivity contribution in [2.45, 2.75) is 30.8 Å². The predicted molar refractivity (Wildman–Crippen MR) is 74.8 cm³/mol. The van der Waals surface area contributed by atoms with Gasteiger partial charge < -0.3 is 10.5 Å². The highest BCUT2D eigenvalue weighted by molar-refractivity contribution is 7.89. The zero-order valence-corrected chi connectivity index (χ0v) is 12.2. The van der Waals surface area contributed by atoms with E-state index in [2.05, 4.69) is 4.72 Å². The summed E-state index contributed by atoms with van der Waals surface area (Å²) in [6.07, 6.45) is 1.77. The van der Waals surface area contributed by atoms with Crippen LogP contribution in [0.1, 0.15) is 18.4 Å². The normalized spacial score (nSPS) is 19.8. The maximum Gasteiger partial charge on any atom is 0.242 e. The van der Waals surface area contributed by atoms with Crippen molar-refractivity contribution in [2.75, 3.05) is 18.9 Å². The second-order valence-corrected chi connectivity index (χ2v) is 6.77. The van der Waals surface area contributed by atoms with Crippen molar-refractivity contribution in [1.82, 2.24) is 4.72 Å². The molecule has 0 saturated carbocycles. The molecule has 0 spiro atoms. The number of ether oxygens (including phenoxy) is 1. The van der Waals surface area contributed by atoms with Crippen LogP contribution in [0, 0.1) is 6.92 Å². The van der Waals surface area contributed by atoms with Crippen LogP contribution in [0.25, 0.3) is 0 Å². The average Bonchev–Trinajstić information content (AvgIpc) is 2.84. The summed E-state index contributed by atoms with van der Waals surface area (Å²) < 4.78 is 32.2. The number of nitrogens with one attached hydrogen (secondary N) is 1. The Kier molecular flexibility index (Phi) is 4.35. The zero-order valence-electron chi connectivity index (χ0n) is 10.6. The summed E-state index contributed by atoms with van der Waals surface area (Å²) >= 11 is 5.98. The van der Waals surface area contributed by atoms with Gasteiger partial charge in [-0.2, -0.15) is 0 Å². The van der Waals surface area contributed by atoms with Crippen LogP contribution in [0.5, 0.6) is 0 Å². The first-order chi connectivity index (χ1) is 8.90. The molecule has 1 unspecified atom stereocenters. The Labute approximate surface area is 118 Å². The maximum atomic E-state index is 12.2. The molecule has 0 aliphatic carbocycles. The number of halogens is 1. The molecule has 1 saturated heterocycles. The van der Waals surface area contributed by atoms with E-state index in [4.69, 9.17) is 22.1 Å². The van der Waals surface area contributed by atoms with E-state index >= 15 is 0 Å². The molecule has 19 heavy (non-hydrogen) atoms. The van der Waals surface area contributed by atoms with Crippen LogP contribution in [-0.2, 0) is 14.8 Å². The summed E-state index contributed by atoms with van der Waals surface area (Å²) in [5, 5.41) is 0.173. The number of anilines is 1. The van der Waals surface area contributed by atoms with Crippen LogP contribution in [-0.4, -0.2) is 27.7 Å². The molecule has 1 aromatic carbocycles. The fourth-order valence-electron chi connectivity index (χ4n) is 1.96. The second kappa shape index (κ2) is 5.66. The number of nitrogens with two attached hydrogens (primary N) is 1. The Morgan fingerprint density at radius 1 is 1.53 bits per heavy atom. The molecule has 0 radical (unpaired) electrons. The number of rotatable bonds is 4. The first-order valence-electron chi connectivity index (χ1n) is 6.07. The van der Waals surface area contributed by atoms with Crippen molar-refractivity contribution in [2.24, 2.45) is 0 Å². The molecule has 5 nitrogen and oxygen atoms in total. The molecule has 0 bridgehead atoms. The Morgan fingerprint density at radius 3 is 2.89 bits per heavy atom. The topological polar surface area (TPSA) is 81.4 Å². The van der Waals surface area contributed by atoms with E-state index in [1.165, 1.54) is 6.07 Å². The predicted octanol–water partition coefficient (Wildman–Crippen LogP) is 1.69. The molecule has 106 valence electrons. The summed E-state index contributed by atoms with van der Waals surface area (Å²) in [5.41, 5.74) is 6.89. The van der Waals surface area contributed by atoms with Gasteiger partial charge in [-0.25, -0.2) is 13.1 Å². The SMILES string of the molecule is Cc1cc(Cl)c(S(=O)(=O)NCC2CCCO2)cc1N. The Morgan fingerprint density at radius 2 is 2.26 bits per heavy atom. The zero-order chi connectivity index (χ0) is 14.0. The van der Waals surface area contributed by atoms with E-state index in [0.29, 0.717) is 12.3 Å². The summed E-state index contributed by atoms with van der Waals surface area (Å²) in [5.74, 6) is 0. The Hall–Kier alpha value is -0.820. The highest BCUT2D eigenvalue weighted by Crippen LogP contribution is 2.26. The van der Waals surface area contributed by atoms with Crippen molar-refractivity contribution in [1.29, 1.82) is 0 Å². The third-order valence-electron chi connectivity index (χ3n) is 3.14. The first kappa shape index (κ1) is 14.6. The highest BCUT2D eigenvalue weighted by atomic mass is 35.5. The monoisotopic (exact) mass is 304 g/mol. The highest BCUT2D eigenvalue weighted by Gasteiger charge is 2.22. The van der Waals surface area contributed by atoms with Gasteiger partial charge in [0, 0.05) is 18.8 Å². The van der Waals surface area contributed by atoms with Gasteiger partial charge in [-0.1, -0.05) is 11.6 Å². The van der Waals surface area contributed by atoms with Gasteiger partial charge in [0.15, 0.2) is 0 Å². The Balaban J connectivity index is 2.16. The number of hydrogen-bond donors (Lipinski definition) is 2. The van der Waals surface area contributed by atoms with Gasteiger partial charge in [0.2, 0.25) is 10.0 Å². The van der Waals surface area contributed by atoms with E-state index < -0.39 is 10.0 Å². The molecule has 1 aromatic rings. The van der Waals surface area contributed by atoms with Crippen LogP contribution < -0.4 is 10.5 Å². The number of sulfonamides is 1. The number of nitrogen functional groups attached to an aromatic ring is 1. The molecule has 1 fully saturated rings. The minimum atomic E-state index is -3.66. The third-order valence-corrected chi connectivity index (χ3v) is 5.02. The van der Waals surface area contributed by atoms with E-state index in [-0.39, 0.29) is 22.6 Å². The van der Waals surface area contributed by atoms with Crippen LogP contribution in [0.4, 0.5) is 5.69 Å². The quantitative estimate of drug-likeness (QED) is 0.829. The minimum absolute atomic E-state index is 0.00950. The van der Waals surface area contributed by atoms with Gasteiger partial charge in [0.05, 0.1) is 11.1 Å². The summed E-state index contributed by atoms with van der Waals surface area (Å²) in [6.45, 7) is 2.72. The van der Waals surface area contributed by atoms with E-state index in [9.17, 15) is 8.42 Å². The molecule has 0 amide bonds. The molecule has 1 aliphatic rings. The van der Waals surface area contributed by atoms with Gasteiger partial charge in [-0.05, 0) is 37.5 Å². The molecular formula is C12H17ClN2O3S. The fraction of sp³-hybridized carbons (Fsp3) is 0.500. The van der Waals surface area contributed by atoms with Crippen molar-refractivity contribution in [3.8, 4) is 0 Å². The van der Waals surface area contributed by atoms with Gasteiger partial charge in [0.1, 0.15) is 4.90 Å². The third kappa shape index (κ3) is 3.39. The molecule has 2 rings (SSSR count). The van der Waals surface area contributed by atoms with E-state index in [1.54, 1.807) is 13.0 Å². The lowest BCUT2D eigenvalue weighted by Crippen LogP contribution is -2.32. The van der Waals surface area contributed by atoms with Gasteiger partial charge in [0.25, 0.3) is 0 Å². The maximum absolute atomic E-state index is 12.2. The number of hydrogen-bond acceptors (Lipinski definition) is 4. The van der Waals surface area contributed by atoms with Gasteiger partial charge in [-0.15, -0.1) is 0 Å². The van der Waals surface area contributed by atoms with Crippen molar-refractivity contribution < 1.29 is 13.2 Å². The molecule has 1 atom stereocenters. The molecular weight excluding hydrogens is 288 g/mol. The summed E-state index contributed by atoms with van der Waals surface area (Å²) in [6, 6.07) is 2.94. The molecule has 0 aromatic heterocycles. The largest absolute Gasteiger partial charge is 0.398 e. The summed E-state index contributed by atoms with van der Waals surface area (Å²) in [4.78, 5) is 0.00950. The molecule has 1 heterocycles. The first-order valence-corrected chi connectivity index (χ1v) is 7.93. The lowest BCUT2D eigenvalue weighted by Gasteiger charge is -2.13. The molecule has 3 N–H and O–H groups in total. The average molecular weight is 305 g/mol. The number of aryl methyl sites for hydroxylation is 1. The van der Waals surface area contributed by atoms with Crippen LogP contribution in [0.15, 0.2) is 17.0 Å². The second-order valence-electron chi connectivity index (χ2n) is 4.63. The van der Waals surface area contributed by atoms with E-state index in [0.717, 1.165) is 18.4 Å². The number of benzene rings is 1. The van der Waals surface area contributed by atoms with E-state index in [1.807, 2.05) is 0 Å². The molecule has 7 heteroatoms. The fourth-order valence-corrected chi connectivity index (χ4v) is 3.64. The van der Waals surface area contributed by atoms with Gasteiger partial charge in [-0.3, -0.25) is 0 Å². The van der Waals surface area contributed by atoms with Crippen molar-refractivity contribution in [3.05, 3.63) is 22.7 Å². The van der Waals surface area contributed by atoms with Crippen molar-refractivity contribution in [3.63, 3.8) is 0 Å². The van der Waals surface area contributed by atoms with Crippen LogP contribution in [0.3, 0.4) is 0 Å². The lowest BCUT2D eigenvalue weighted by molar-refractivity contribution is 0.114. The molecule has 1 aliphatic heterocycles. The minimum Gasteiger partial charge on any atom is -0.398 e. The smallest absolute Gasteiger partial charge is 0.242 e. The summed E-state index contributed by atoms with van der Waals surface area (Å²) in [7, 11) is -3.66. The van der Waals surface area contributed by atoms with Crippen LogP contribution >= 0.6 is 11.6 Å².